The van der Waals surface area contributed by atoms with Crippen molar-refractivity contribution in [1.82, 2.24) is 9.97 Å². The number of carbonyl (C=O) groups is 1. The Bertz CT molecular complexity index is 1010. The van der Waals surface area contributed by atoms with Gasteiger partial charge in [-0.2, -0.15) is 0 Å². The standard InChI is InChI=1S/C15H9F4N3O2S/c16-7-4-10(12-11(5-7)21-14(25)22-12)13(23)20-8-2-1-3-9(6-8)24-15(17,18)19/h1-6H,(H,20,23)(H2,21,22,25). The molecule has 10 heteroatoms. The molecule has 0 aliphatic carbocycles. The molecule has 3 N–H and O–H groups in total. The van der Waals surface area contributed by atoms with Gasteiger partial charge in [0.2, 0.25) is 0 Å². The fraction of sp³-hybridized carbons (Fsp3) is 0.0667. The van der Waals surface area contributed by atoms with E-state index in [9.17, 15) is 22.4 Å². The highest BCUT2D eigenvalue weighted by Crippen LogP contribution is 2.26. The molecule has 0 spiro atoms. The summed E-state index contributed by atoms with van der Waals surface area (Å²) < 4.78 is 54.4. The van der Waals surface area contributed by atoms with Gasteiger partial charge < -0.3 is 20.0 Å². The summed E-state index contributed by atoms with van der Waals surface area (Å²) in [4.78, 5) is 17.8. The fourth-order valence-corrected chi connectivity index (χ4v) is 2.47. The number of nitrogens with one attached hydrogen (secondary N) is 3. The Labute approximate surface area is 142 Å². The van der Waals surface area contributed by atoms with Gasteiger partial charge in [-0.1, -0.05) is 6.07 Å². The van der Waals surface area contributed by atoms with E-state index >= 15 is 0 Å². The highest BCUT2D eigenvalue weighted by molar-refractivity contribution is 7.71. The molecule has 1 amide bonds. The van der Waals surface area contributed by atoms with Crippen molar-refractivity contribution in [3.8, 4) is 5.75 Å². The van der Waals surface area contributed by atoms with Crippen LogP contribution in [0, 0.1) is 10.6 Å². The molecule has 130 valence electrons. The van der Waals surface area contributed by atoms with E-state index in [1.54, 1.807) is 0 Å². The second-order valence-electron chi connectivity index (χ2n) is 4.98. The number of imidazole rings is 1. The topological polar surface area (TPSA) is 69.9 Å². The first kappa shape index (κ1) is 17.0. The minimum absolute atomic E-state index is 0.0514. The number of aromatic nitrogens is 2. The summed E-state index contributed by atoms with van der Waals surface area (Å²) in [6.07, 6.45) is -4.85. The van der Waals surface area contributed by atoms with Crippen LogP contribution >= 0.6 is 12.2 Å². The van der Waals surface area contributed by atoms with E-state index in [0.717, 1.165) is 24.3 Å². The number of fused-ring (bicyclic) bond motifs is 1. The van der Waals surface area contributed by atoms with Crippen molar-refractivity contribution in [1.29, 1.82) is 0 Å². The zero-order chi connectivity index (χ0) is 18.2. The lowest BCUT2D eigenvalue weighted by molar-refractivity contribution is -0.274. The van der Waals surface area contributed by atoms with Crippen LogP contribution < -0.4 is 10.1 Å². The first-order valence-electron chi connectivity index (χ1n) is 6.80. The molecule has 0 saturated heterocycles. The molecule has 0 saturated carbocycles. The Balaban J connectivity index is 1.91. The van der Waals surface area contributed by atoms with Crippen LogP contribution in [0.2, 0.25) is 0 Å². The van der Waals surface area contributed by atoms with Crippen molar-refractivity contribution >= 4 is 34.8 Å². The van der Waals surface area contributed by atoms with Crippen LogP contribution in [0.5, 0.6) is 5.75 Å². The molecule has 3 rings (SSSR count). The van der Waals surface area contributed by atoms with Gasteiger partial charge in [-0.3, -0.25) is 4.79 Å². The van der Waals surface area contributed by atoms with Crippen molar-refractivity contribution in [3.63, 3.8) is 0 Å². The zero-order valence-corrected chi connectivity index (χ0v) is 13.0. The first-order chi connectivity index (χ1) is 11.7. The van der Waals surface area contributed by atoms with E-state index in [4.69, 9.17) is 12.2 Å². The van der Waals surface area contributed by atoms with Crippen LogP contribution in [0.4, 0.5) is 23.2 Å². The van der Waals surface area contributed by atoms with Gasteiger partial charge in [0.25, 0.3) is 5.91 Å². The Morgan fingerprint density at radius 3 is 2.64 bits per heavy atom. The van der Waals surface area contributed by atoms with Crippen molar-refractivity contribution in [2.45, 2.75) is 6.36 Å². The van der Waals surface area contributed by atoms with Gasteiger partial charge in [0.1, 0.15) is 11.6 Å². The number of halogens is 4. The molecule has 5 nitrogen and oxygen atoms in total. The molecule has 1 heterocycles. The van der Waals surface area contributed by atoms with Gasteiger partial charge in [0, 0.05) is 11.8 Å². The molecular weight excluding hydrogens is 362 g/mol. The first-order valence-corrected chi connectivity index (χ1v) is 7.21. The summed E-state index contributed by atoms with van der Waals surface area (Å²) in [6, 6.07) is 6.90. The van der Waals surface area contributed by atoms with Crippen molar-refractivity contribution < 1.29 is 27.1 Å². The predicted molar refractivity (Wildman–Crippen MR) is 84.5 cm³/mol. The maximum atomic E-state index is 13.7. The van der Waals surface area contributed by atoms with Crippen molar-refractivity contribution in [2.75, 3.05) is 5.32 Å². The quantitative estimate of drug-likeness (QED) is 0.468. The predicted octanol–water partition coefficient (Wildman–Crippen LogP) is 4.52. The summed E-state index contributed by atoms with van der Waals surface area (Å²) in [5, 5.41) is 2.39. The van der Waals surface area contributed by atoms with Gasteiger partial charge in [-0.05, 0) is 36.5 Å². The fourth-order valence-electron chi connectivity index (χ4n) is 2.26. The van der Waals surface area contributed by atoms with Gasteiger partial charge in [-0.15, -0.1) is 13.2 Å². The average molecular weight is 371 g/mol. The molecule has 0 aliphatic heterocycles. The number of aromatic amines is 2. The second-order valence-corrected chi connectivity index (χ2v) is 5.39. The summed E-state index contributed by atoms with van der Waals surface area (Å²) >= 11 is 4.91. The molecule has 0 atom stereocenters. The second kappa shape index (κ2) is 6.20. The molecule has 0 unspecified atom stereocenters. The monoisotopic (exact) mass is 371 g/mol. The molecule has 25 heavy (non-hydrogen) atoms. The van der Waals surface area contributed by atoms with Crippen LogP contribution in [-0.4, -0.2) is 22.2 Å². The summed E-state index contributed by atoms with van der Waals surface area (Å²) in [5.41, 5.74) is 0.582. The maximum absolute atomic E-state index is 13.7. The molecule has 0 bridgehead atoms. The summed E-state index contributed by atoms with van der Waals surface area (Å²) in [6.45, 7) is 0. The lowest BCUT2D eigenvalue weighted by Gasteiger charge is -2.11. The summed E-state index contributed by atoms with van der Waals surface area (Å²) in [7, 11) is 0. The minimum atomic E-state index is -4.85. The average Bonchev–Trinajstić information content (AvgIpc) is 2.84. The third-order valence-electron chi connectivity index (χ3n) is 3.16. The molecule has 0 aliphatic rings. The number of rotatable bonds is 3. The third-order valence-corrected chi connectivity index (χ3v) is 3.36. The number of benzene rings is 2. The Morgan fingerprint density at radius 2 is 1.92 bits per heavy atom. The lowest BCUT2D eigenvalue weighted by atomic mass is 10.1. The number of anilines is 1. The Kier molecular flexibility index (Phi) is 4.21. The van der Waals surface area contributed by atoms with Crippen molar-refractivity contribution in [2.24, 2.45) is 0 Å². The van der Waals surface area contributed by atoms with E-state index in [2.05, 4.69) is 20.0 Å². The van der Waals surface area contributed by atoms with E-state index in [0.29, 0.717) is 5.52 Å². The van der Waals surface area contributed by atoms with E-state index in [-0.39, 0.29) is 21.5 Å². The van der Waals surface area contributed by atoms with E-state index in [1.165, 1.54) is 12.1 Å². The number of ether oxygens (including phenoxy) is 1. The third kappa shape index (κ3) is 3.97. The smallest absolute Gasteiger partial charge is 0.406 e. The number of H-pyrrole nitrogens is 2. The van der Waals surface area contributed by atoms with E-state index in [1.807, 2.05) is 0 Å². The van der Waals surface area contributed by atoms with Crippen molar-refractivity contribution in [3.05, 3.63) is 52.5 Å². The largest absolute Gasteiger partial charge is 0.573 e. The van der Waals surface area contributed by atoms with Gasteiger partial charge in [0.15, 0.2) is 4.77 Å². The van der Waals surface area contributed by atoms with Gasteiger partial charge in [0.05, 0.1) is 16.6 Å². The molecular formula is C15H9F4N3O2S. The lowest BCUT2D eigenvalue weighted by Crippen LogP contribution is -2.17. The number of alkyl halides is 3. The van der Waals surface area contributed by atoms with Gasteiger partial charge in [-0.25, -0.2) is 4.39 Å². The van der Waals surface area contributed by atoms with Crippen LogP contribution in [0.3, 0.4) is 0 Å². The Hall–Kier alpha value is -2.88. The normalized spacial score (nSPS) is 11.5. The number of hydrogen-bond donors (Lipinski definition) is 3. The maximum Gasteiger partial charge on any atom is 0.573 e. The SMILES string of the molecule is O=C(Nc1cccc(OC(F)(F)F)c1)c1cc(F)cc2[nH]c(=S)[nH]c12. The van der Waals surface area contributed by atoms with Crippen LogP contribution in [0.15, 0.2) is 36.4 Å². The molecule has 0 radical (unpaired) electrons. The highest BCUT2D eigenvalue weighted by atomic mass is 32.1. The van der Waals surface area contributed by atoms with Gasteiger partial charge >= 0.3 is 6.36 Å². The number of carbonyl (C=O) groups excluding carboxylic acids is 1. The molecule has 1 aromatic heterocycles. The summed E-state index contributed by atoms with van der Waals surface area (Å²) in [5.74, 6) is -1.88. The molecule has 2 aromatic carbocycles. The highest BCUT2D eigenvalue weighted by Gasteiger charge is 2.31. The van der Waals surface area contributed by atoms with Crippen LogP contribution in [0.25, 0.3) is 11.0 Å². The van der Waals surface area contributed by atoms with E-state index < -0.39 is 23.8 Å². The van der Waals surface area contributed by atoms with Crippen LogP contribution in [0.1, 0.15) is 10.4 Å². The molecule has 0 fully saturated rings. The van der Waals surface area contributed by atoms with Crippen LogP contribution in [-0.2, 0) is 0 Å². The number of hydrogen-bond acceptors (Lipinski definition) is 3. The Morgan fingerprint density at radius 1 is 1.16 bits per heavy atom. The zero-order valence-electron chi connectivity index (χ0n) is 12.2. The minimum Gasteiger partial charge on any atom is -0.406 e. The molecule has 3 aromatic rings. The number of amides is 1.